The molecule has 0 aromatic heterocycles. The molecule has 0 saturated carbocycles. The second-order valence-corrected chi connectivity index (χ2v) is 5.57. The van der Waals surface area contributed by atoms with E-state index in [1.807, 2.05) is 0 Å². The Morgan fingerprint density at radius 2 is 1.67 bits per heavy atom. The number of carbonyl (C=O) groups is 4. The Bertz CT molecular complexity index is 663. The predicted octanol–water partition coefficient (Wildman–Crippen LogP) is -0.177. The average Bonchev–Trinajstić information content (AvgIpc) is 2.64. The number of nitrogens with two attached hydrogens (primary N) is 1. The van der Waals surface area contributed by atoms with Gasteiger partial charge in [0, 0.05) is 0 Å². The summed E-state index contributed by atoms with van der Waals surface area (Å²) in [5.74, 6) is -5.01. The van der Waals surface area contributed by atoms with Crippen molar-refractivity contribution in [2.45, 2.75) is 32.4 Å². The van der Waals surface area contributed by atoms with Gasteiger partial charge in [-0.2, -0.15) is 0 Å². The van der Waals surface area contributed by atoms with Crippen LogP contribution in [0.1, 0.15) is 31.9 Å². The van der Waals surface area contributed by atoms with E-state index in [9.17, 15) is 24.3 Å². The number of primary amides is 1. The summed E-state index contributed by atoms with van der Waals surface area (Å²) in [6.45, 7) is 3.22. The third-order valence-electron chi connectivity index (χ3n) is 3.65. The van der Waals surface area contributed by atoms with Crippen LogP contribution < -0.4 is 11.1 Å². The summed E-state index contributed by atoms with van der Waals surface area (Å²) >= 11 is 0. The molecule has 0 bridgehead atoms. The van der Waals surface area contributed by atoms with Crippen LogP contribution in [-0.2, 0) is 28.7 Å². The largest absolute Gasteiger partial charge is 0.466 e. The van der Waals surface area contributed by atoms with Crippen molar-refractivity contribution >= 4 is 23.8 Å². The molecule has 0 aliphatic heterocycles. The van der Waals surface area contributed by atoms with Crippen molar-refractivity contribution in [2.75, 3.05) is 13.2 Å². The van der Waals surface area contributed by atoms with Gasteiger partial charge in [-0.3, -0.25) is 19.2 Å². The Morgan fingerprint density at radius 3 is 2.19 bits per heavy atom. The van der Waals surface area contributed by atoms with Crippen molar-refractivity contribution in [2.24, 2.45) is 11.7 Å². The van der Waals surface area contributed by atoms with Gasteiger partial charge >= 0.3 is 11.9 Å². The van der Waals surface area contributed by atoms with Crippen LogP contribution in [0.25, 0.3) is 0 Å². The smallest absolute Gasteiger partial charge is 0.312 e. The fourth-order valence-electron chi connectivity index (χ4n) is 2.37. The Hall–Kier alpha value is -2.94. The fraction of sp³-hybridized carbons (Fsp3) is 0.444. The number of amides is 2. The minimum atomic E-state index is -1.58. The Morgan fingerprint density at radius 1 is 1.07 bits per heavy atom. The van der Waals surface area contributed by atoms with Gasteiger partial charge in [0.2, 0.25) is 5.91 Å². The minimum absolute atomic E-state index is 0.00419. The average molecular weight is 380 g/mol. The lowest BCUT2D eigenvalue weighted by molar-refractivity contribution is -0.157. The molecule has 0 aliphatic rings. The lowest BCUT2D eigenvalue weighted by Crippen LogP contribution is -2.53. The maximum absolute atomic E-state index is 12.3. The van der Waals surface area contributed by atoms with Crippen LogP contribution in [0.4, 0.5) is 0 Å². The van der Waals surface area contributed by atoms with Gasteiger partial charge in [0.15, 0.2) is 6.10 Å². The number of aliphatic hydroxyl groups is 1. The van der Waals surface area contributed by atoms with Gasteiger partial charge in [-0.1, -0.05) is 30.3 Å². The molecule has 148 valence electrons. The maximum atomic E-state index is 12.3. The van der Waals surface area contributed by atoms with E-state index >= 15 is 0 Å². The molecule has 9 heteroatoms. The number of hydrogen-bond donors (Lipinski definition) is 3. The van der Waals surface area contributed by atoms with Crippen molar-refractivity contribution in [3.05, 3.63) is 35.9 Å². The zero-order valence-electron chi connectivity index (χ0n) is 15.2. The van der Waals surface area contributed by atoms with Gasteiger partial charge in [-0.25, -0.2) is 0 Å². The summed E-state index contributed by atoms with van der Waals surface area (Å²) in [5, 5.41) is 12.4. The highest BCUT2D eigenvalue weighted by atomic mass is 16.5. The van der Waals surface area contributed by atoms with Gasteiger partial charge in [-0.15, -0.1) is 0 Å². The van der Waals surface area contributed by atoms with E-state index in [1.165, 1.54) is 12.1 Å². The van der Waals surface area contributed by atoms with Gasteiger partial charge in [0.25, 0.3) is 5.91 Å². The molecule has 2 amide bonds. The van der Waals surface area contributed by atoms with Crippen molar-refractivity contribution < 1.29 is 33.8 Å². The highest BCUT2D eigenvalue weighted by molar-refractivity contribution is 5.94. The van der Waals surface area contributed by atoms with Crippen molar-refractivity contribution in [3.63, 3.8) is 0 Å². The zero-order chi connectivity index (χ0) is 20.4. The van der Waals surface area contributed by atoms with E-state index in [0.29, 0.717) is 0 Å². The second-order valence-electron chi connectivity index (χ2n) is 5.57. The highest BCUT2D eigenvalue weighted by Gasteiger charge is 2.38. The molecule has 0 radical (unpaired) electrons. The molecule has 1 aromatic rings. The van der Waals surface area contributed by atoms with Crippen molar-refractivity contribution in [3.8, 4) is 0 Å². The molecule has 1 aromatic carbocycles. The molecule has 0 unspecified atom stereocenters. The molecule has 9 nitrogen and oxygen atoms in total. The van der Waals surface area contributed by atoms with Gasteiger partial charge in [-0.05, 0) is 19.4 Å². The number of carbonyl (C=O) groups excluding carboxylic acids is 4. The first kappa shape index (κ1) is 22.1. The van der Waals surface area contributed by atoms with Crippen LogP contribution in [0.3, 0.4) is 0 Å². The van der Waals surface area contributed by atoms with Gasteiger partial charge in [0.1, 0.15) is 6.04 Å². The highest BCUT2D eigenvalue weighted by Crippen LogP contribution is 2.17. The zero-order valence-corrected chi connectivity index (χ0v) is 15.2. The molecule has 0 aliphatic carbocycles. The topological polar surface area (TPSA) is 145 Å². The Balaban J connectivity index is 3.01. The monoisotopic (exact) mass is 380 g/mol. The predicted molar refractivity (Wildman–Crippen MR) is 93.9 cm³/mol. The van der Waals surface area contributed by atoms with Crippen molar-refractivity contribution in [1.82, 2.24) is 5.32 Å². The molecule has 0 fully saturated rings. The van der Waals surface area contributed by atoms with Gasteiger partial charge in [0.05, 0.1) is 25.6 Å². The molecule has 0 saturated heterocycles. The molecular weight excluding hydrogens is 356 g/mol. The van der Waals surface area contributed by atoms with Crippen LogP contribution in [0.15, 0.2) is 30.3 Å². The maximum Gasteiger partial charge on any atom is 0.312 e. The molecule has 4 N–H and O–H groups in total. The van der Waals surface area contributed by atoms with Crippen LogP contribution in [-0.4, -0.2) is 48.1 Å². The van der Waals surface area contributed by atoms with E-state index in [-0.39, 0.29) is 18.8 Å². The molecule has 1 rings (SSSR count). The van der Waals surface area contributed by atoms with Crippen LogP contribution in [0, 0.1) is 5.92 Å². The van der Waals surface area contributed by atoms with Crippen molar-refractivity contribution in [1.29, 1.82) is 0 Å². The second kappa shape index (κ2) is 10.9. The van der Waals surface area contributed by atoms with Crippen LogP contribution in [0.5, 0.6) is 0 Å². The van der Waals surface area contributed by atoms with Crippen LogP contribution >= 0.6 is 0 Å². The molecule has 0 spiro atoms. The van der Waals surface area contributed by atoms with E-state index in [4.69, 9.17) is 15.2 Å². The van der Waals surface area contributed by atoms with E-state index in [2.05, 4.69) is 5.32 Å². The van der Waals surface area contributed by atoms with E-state index in [1.54, 1.807) is 32.0 Å². The number of hydrogen-bond acceptors (Lipinski definition) is 7. The third kappa shape index (κ3) is 6.70. The quantitative estimate of drug-likeness (QED) is 0.478. The first-order valence-corrected chi connectivity index (χ1v) is 8.46. The normalized spacial score (nSPS) is 13.7. The van der Waals surface area contributed by atoms with Gasteiger partial charge < -0.3 is 25.6 Å². The number of nitrogens with one attached hydrogen (secondary N) is 1. The first-order valence-electron chi connectivity index (χ1n) is 8.46. The fourth-order valence-corrected chi connectivity index (χ4v) is 2.37. The molecular formula is C18H24N2O7. The Kier molecular flexibility index (Phi) is 8.94. The number of benzene rings is 1. The van der Waals surface area contributed by atoms with Crippen LogP contribution in [0.2, 0.25) is 0 Å². The third-order valence-corrected chi connectivity index (χ3v) is 3.65. The SMILES string of the molecule is CCOC(=O)C[C@@H](C(=O)OCC)[C@H](NC(=O)[C@@H](O)c1ccccc1)C(N)=O. The number of ether oxygens (including phenoxy) is 2. The first-order chi connectivity index (χ1) is 12.8. The Labute approximate surface area is 156 Å². The lowest BCUT2D eigenvalue weighted by atomic mass is 9.94. The summed E-state index contributed by atoms with van der Waals surface area (Å²) < 4.78 is 9.66. The minimum Gasteiger partial charge on any atom is -0.466 e. The van der Waals surface area contributed by atoms with E-state index < -0.39 is 48.2 Å². The molecule has 0 heterocycles. The number of rotatable bonds is 10. The summed E-state index contributed by atoms with van der Waals surface area (Å²) in [6, 6.07) is 6.44. The number of esters is 2. The number of aliphatic hydroxyl groups excluding tert-OH is 1. The molecule has 3 atom stereocenters. The summed E-state index contributed by atoms with van der Waals surface area (Å²) in [6.07, 6.45) is -2.10. The molecule has 27 heavy (non-hydrogen) atoms. The standard InChI is InChI=1S/C18H24N2O7/c1-3-26-13(21)10-12(18(25)27-4-2)14(16(19)23)20-17(24)15(22)11-8-6-5-7-9-11/h5-9,12,14-15,22H,3-4,10H2,1-2H3,(H2,19,23)(H,20,24)/t12-,14+,15+/m1/s1. The summed E-state index contributed by atoms with van der Waals surface area (Å²) in [7, 11) is 0. The summed E-state index contributed by atoms with van der Waals surface area (Å²) in [4.78, 5) is 48.2. The lowest BCUT2D eigenvalue weighted by Gasteiger charge is -2.24. The summed E-state index contributed by atoms with van der Waals surface area (Å²) in [5.41, 5.74) is 5.60. The van der Waals surface area contributed by atoms with E-state index in [0.717, 1.165) is 0 Å².